The van der Waals surface area contributed by atoms with Crippen molar-refractivity contribution in [1.29, 1.82) is 0 Å². The Morgan fingerprint density at radius 2 is 2.12 bits per heavy atom. The molecule has 0 saturated heterocycles. The number of methoxy groups -OCH3 is 1. The Hall–Kier alpha value is -1.75. The summed E-state index contributed by atoms with van der Waals surface area (Å²) in [5, 5.41) is 3.17. The average molecular weight is 237 g/mol. The van der Waals surface area contributed by atoms with Crippen LogP contribution in [0.1, 0.15) is 24.2 Å². The second-order valence-corrected chi connectivity index (χ2v) is 4.48. The zero-order valence-electron chi connectivity index (χ0n) is 10.4. The van der Waals surface area contributed by atoms with Gasteiger partial charge in [0.05, 0.1) is 17.0 Å². The van der Waals surface area contributed by atoms with Crippen LogP contribution in [0.15, 0.2) is 18.2 Å². The molecular formula is C12H19N3O2. The lowest BCUT2D eigenvalue weighted by atomic mass is 10.1. The molecule has 1 rings (SSSR count). The van der Waals surface area contributed by atoms with Gasteiger partial charge in [0.2, 0.25) is 5.91 Å². The van der Waals surface area contributed by atoms with Crippen LogP contribution in [0, 0.1) is 0 Å². The molecule has 5 heteroatoms. The number of amides is 1. The summed E-state index contributed by atoms with van der Waals surface area (Å²) in [6, 6.07) is 4.94. The van der Waals surface area contributed by atoms with Gasteiger partial charge in [0.1, 0.15) is 0 Å². The van der Waals surface area contributed by atoms with Gasteiger partial charge < -0.3 is 21.5 Å². The van der Waals surface area contributed by atoms with Crippen LogP contribution in [0.25, 0.3) is 0 Å². The van der Waals surface area contributed by atoms with Crippen molar-refractivity contribution in [2.24, 2.45) is 5.73 Å². The van der Waals surface area contributed by atoms with E-state index in [4.69, 9.17) is 16.2 Å². The topological polar surface area (TPSA) is 90.4 Å². The molecule has 94 valence electrons. The lowest BCUT2D eigenvalue weighted by Crippen LogP contribution is -2.32. The van der Waals surface area contributed by atoms with Gasteiger partial charge in [-0.15, -0.1) is 0 Å². The second-order valence-electron chi connectivity index (χ2n) is 4.48. The van der Waals surface area contributed by atoms with Crippen LogP contribution in [-0.4, -0.2) is 25.2 Å². The maximum atomic E-state index is 11.0. The van der Waals surface area contributed by atoms with Gasteiger partial charge in [-0.25, -0.2) is 0 Å². The molecule has 0 radical (unpaired) electrons. The number of nitrogens with one attached hydrogen (secondary N) is 1. The van der Waals surface area contributed by atoms with Gasteiger partial charge >= 0.3 is 0 Å². The molecule has 0 aliphatic carbocycles. The van der Waals surface area contributed by atoms with E-state index >= 15 is 0 Å². The molecule has 5 N–H and O–H groups in total. The van der Waals surface area contributed by atoms with Crippen LogP contribution in [0.4, 0.5) is 11.4 Å². The molecular weight excluding hydrogens is 218 g/mol. The van der Waals surface area contributed by atoms with E-state index in [2.05, 4.69) is 5.32 Å². The van der Waals surface area contributed by atoms with Gasteiger partial charge in [-0.1, -0.05) is 0 Å². The van der Waals surface area contributed by atoms with Gasteiger partial charge in [0.15, 0.2) is 0 Å². The lowest BCUT2D eigenvalue weighted by Gasteiger charge is -2.24. The predicted molar refractivity (Wildman–Crippen MR) is 69.0 cm³/mol. The predicted octanol–water partition coefficient (Wildman–Crippen LogP) is 1.20. The van der Waals surface area contributed by atoms with Crippen molar-refractivity contribution >= 4 is 17.3 Å². The van der Waals surface area contributed by atoms with Crippen molar-refractivity contribution < 1.29 is 9.53 Å². The quantitative estimate of drug-likeness (QED) is 0.671. The summed E-state index contributed by atoms with van der Waals surface area (Å²) in [7, 11) is 1.65. The third-order valence-corrected chi connectivity index (χ3v) is 2.59. The first-order valence-electron chi connectivity index (χ1n) is 5.34. The summed E-state index contributed by atoms with van der Waals surface area (Å²) in [6.07, 6.45) is 0. The van der Waals surface area contributed by atoms with E-state index in [-0.39, 0.29) is 5.60 Å². The highest BCUT2D eigenvalue weighted by molar-refractivity contribution is 5.94. The number of primary amides is 1. The fourth-order valence-electron chi connectivity index (χ4n) is 1.26. The van der Waals surface area contributed by atoms with Gasteiger partial charge in [-0.2, -0.15) is 0 Å². The number of hydrogen-bond donors (Lipinski definition) is 3. The molecule has 0 saturated carbocycles. The van der Waals surface area contributed by atoms with Crippen molar-refractivity contribution in [3.05, 3.63) is 23.8 Å². The summed E-state index contributed by atoms with van der Waals surface area (Å²) in [5.74, 6) is -0.486. The largest absolute Gasteiger partial charge is 0.397 e. The number of carbonyl (C=O) groups is 1. The first-order valence-corrected chi connectivity index (χ1v) is 5.34. The van der Waals surface area contributed by atoms with E-state index in [0.717, 1.165) is 5.69 Å². The van der Waals surface area contributed by atoms with Gasteiger partial charge in [-0.05, 0) is 32.0 Å². The maximum absolute atomic E-state index is 11.0. The first kappa shape index (κ1) is 13.3. The smallest absolute Gasteiger partial charge is 0.248 e. The standard InChI is InChI=1S/C12H19N3O2/c1-12(2,17-3)7-15-10-5-4-8(11(14)16)6-9(10)13/h4-6,15H,7,13H2,1-3H3,(H2,14,16). The number of ether oxygens (including phenoxy) is 1. The Balaban J connectivity index is 2.77. The molecule has 1 aromatic rings. The highest BCUT2D eigenvalue weighted by atomic mass is 16.5. The fourth-order valence-corrected chi connectivity index (χ4v) is 1.26. The Morgan fingerprint density at radius 3 is 2.59 bits per heavy atom. The van der Waals surface area contributed by atoms with Crippen LogP contribution in [0.5, 0.6) is 0 Å². The number of rotatable bonds is 5. The minimum absolute atomic E-state index is 0.283. The third-order valence-electron chi connectivity index (χ3n) is 2.59. The van der Waals surface area contributed by atoms with Crippen molar-refractivity contribution in [2.45, 2.75) is 19.4 Å². The molecule has 17 heavy (non-hydrogen) atoms. The summed E-state index contributed by atoms with van der Waals surface area (Å²) in [6.45, 7) is 4.55. The number of carbonyl (C=O) groups excluding carboxylic acids is 1. The molecule has 5 nitrogen and oxygen atoms in total. The normalized spacial score (nSPS) is 11.2. The summed E-state index contributed by atoms with van der Waals surface area (Å²) in [5.41, 5.74) is 12.4. The second kappa shape index (κ2) is 5.05. The van der Waals surface area contributed by atoms with Crippen molar-refractivity contribution in [3.8, 4) is 0 Å². The molecule has 0 atom stereocenters. The van der Waals surface area contributed by atoms with E-state index in [0.29, 0.717) is 17.8 Å². The average Bonchev–Trinajstić information content (AvgIpc) is 2.27. The number of benzene rings is 1. The van der Waals surface area contributed by atoms with Crippen LogP contribution < -0.4 is 16.8 Å². The molecule has 0 fully saturated rings. The number of anilines is 2. The van der Waals surface area contributed by atoms with Crippen LogP contribution in [0.3, 0.4) is 0 Å². The minimum Gasteiger partial charge on any atom is -0.397 e. The maximum Gasteiger partial charge on any atom is 0.248 e. The number of nitrogen functional groups attached to an aromatic ring is 1. The molecule has 0 aromatic heterocycles. The molecule has 0 bridgehead atoms. The van der Waals surface area contributed by atoms with Crippen LogP contribution in [-0.2, 0) is 4.74 Å². The summed E-state index contributed by atoms with van der Waals surface area (Å²) in [4.78, 5) is 11.0. The van der Waals surface area contributed by atoms with E-state index in [9.17, 15) is 4.79 Å². The molecule has 0 aliphatic heterocycles. The van der Waals surface area contributed by atoms with E-state index in [1.165, 1.54) is 0 Å². The van der Waals surface area contributed by atoms with E-state index < -0.39 is 5.91 Å². The molecule has 1 amide bonds. The van der Waals surface area contributed by atoms with Crippen LogP contribution >= 0.6 is 0 Å². The zero-order chi connectivity index (χ0) is 13.1. The molecule has 0 unspecified atom stereocenters. The van der Waals surface area contributed by atoms with E-state index in [1.807, 2.05) is 13.8 Å². The van der Waals surface area contributed by atoms with Crippen molar-refractivity contribution in [2.75, 3.05) is 24.7 Å². The molecule has 0 heterocycles. The SMILES string of the molecule is COC(C)(C)CNc1ccc(C(N)=O)cc1N. The Kier molecular flexibility index (Phi) is 3.96. The highest BCUT2D eigenvalue weighted by Gasteiger charge is 2.16. The Labute approximate surface area is 101 Å². The van der Waals surface area contributed by atoms with E-state index in [1.54, 1.807) is 25.3 Å². The Morgan fingerprint density at radius 1 is 1.47 bits per heavy atom. The number of nitrogens with two attached hydrogens (primary N) is 2. The fraction of sp³-hybridized carbons (Fsp3) is 0.417. The summed E-state index contributed by atoms with van der Waals surface area (Å²) < 4.78 is 5.28. The monoisotopic (exact) mass is 237 g/mol. The van der Waals surface area contributed by atoms with Crippen molar-refractivity contribution in [1.82, 2.24) is 0 Å². The third kappa shape index (κ3) is 3.64. The Bertz CT molecular complexity index is 416. The minimum atomic E-state index is -0.486. The number of hydrogen-bond acceptors (Lipinski definition) is 4. The summed E-state index contributed by atoms with van der Waals surface area (Å²) >= 11 is 0. The highest BCUT2D eigenvalue weighted by Crippen LogP contribution is 2.21. The van der Waals surface area contributed by atoms with Gasteiger partial charge in [-0.3, -0.25) is 4.79 Å². The van der Waals surface area contributed by atoms with Gasteiger partial charge in [0, 0.05) is 19.2 Å². The molecule has 0 spiro atoms. The molecule has 0 aliphatic rings. The zero-order valence-corrected chi connectivity index (χ0v) is 10.4. The van der Waals surface area contributed by atoms with Gasteiger partial charge in [0.25, 0.3) is 0 Å². The van der Waals surface area contributed by atoms with Crippen LogP contribution in [0.2, 0.25) is 0 Å². The van der Waals surface area contributed by atoms with Crippen molar-refractivity contribution in [3.63, 3.8) is 0 Å². The first-order chi connectivity index (χ1) is 7.85. The molecule has 1 aromatic carbocycles. The lowest BCUT2D eigenvalue weighted by molar-refractivity contribution is 0.0344.